The normalized spacial score (nSPS) is 11.7. The predicted molar refractivity (Wildman–Crippen MR) is 110 cm³/mol. The summed E-state index contributed by atoms with van der Waals surface area (Å²) < 4.78 is 0. The Labute approximate surface area is 152 Å². The number of anilines is 1. The van der Waals surface area contributed by atoms with Gasteiger partial charge in [0.25, 0.3) is 0 Å². The molecule has 0 aliphatic rings. The van der Waals surface area contributed by atoms with Gasteiger partial charge in [0.15, 0.2) is 0 Å². The van der Waals surface area contributed by atoms with Crippen LogP contribution in [0, 0.1) is 0 Å². The fourth-order valence-electron chi connectivity index (χ4n) is 3.61. The van der Waals surface area contributed by atoms with Crippen LogP contribution in [0.2, 0.25) is 24.2 Å². The maximum Gasteiger partial charge on any atom is 0.240 e. The number of pyridine rings is 1. The first kappa shape index (κ1) is 19.6. The lowest BCUT2D eigenvalue weighted by Crippen LogP contribution is -2.38. The molecule has 5 heteroatoms. The van der Waals surface area contributed by atoms with Crippen molar-refractivity contribution < 1.29 is 4.79 Å². The molecule has 0 aliphatic carbocycles. The van der Waals surface area contributed by atoms with Gasteiger partial charge in [0.1, 0.15) is 0 Å². The van der Waals surface area contributed by atoms with Gasteiger partial charge in [0.2, 0.25) is 5.91 Å². The third kappa shape index (κ3) is 4.67. The van der Waals surface area contributed by atoms with Gasteiger partial charge in [-0.15, -0.1) is 0 Å². The molecule has 1 aromatic carbocycles. The average molecular weight is 358 g/mol. The second-order valence-electron chi connectivity index (χ2n) is 6.80. The lowest BCUT2D eigenvalue weighted by atomic mass is 10.2. The molecular formula is C20H31N3OSi. The molecule has 136 valence electrons. The molecule has 0 saturated carbocycles. The van der Waals surface area contributed by atoms with Crippen LogP contribution in [-0.2, 0) is 4.79 Å². The lowest BCUT2D eigenvalue weighted by molar-refractivity contribution is -0.117. The summed E-state index contributed by atoms with van der Waals surface area (Å²) in [6.45, 7) is 7.75. The van der Waals surface area contributed by atoms with Crippen LogP contribution in [0.3, 0.4) is 0 Å². The highest BCUT2D eigenvalue weighted by molar-refractivity contribution is 6.79. The number of hydrogen-bond donors (Lipinski definition) is 1. The molecule has 0 bridgehead atoms. The summed E-state index contributed by atoms with van der Waals surface area (Å²) in [4.78, 5) is 18.7. The Morgan fingerprint density at radius 1 is 1.16 bits per heavy atom. The van der Waals surface area contributed by atoms with E-state index in [0.29, 0.717) is 0 Å². The first-order chi connectivity index (χ1) is 12.1. The van der Waals surface area contributed by atoms with Gasteiger partial charge >= 0.3 is 0 Å². The standard InChI is InChI=1S/C20H31N3OSi/c1-4-25(5-2,6-3)13-9-12-23(20(24)15-21)18-14-17-10-7-8-11-19(17)22-16-18/h7-8,10-11,14,16H,4-6,9,12-13,15,21H2,1-3H3. The van der Waals surface area contributed by atoms with Crippen LogP contribution >= 0.6 is 0 Å². The van der Waals surface area contributed by atoms with Crippen LogP contribution in [0.5, 0.6) is 0 Å². The summed E-state index contributed by atoms with van der Waals surface area (Å²) in [5, 5.41) is 1.05. The molecule has 25 heavy (non-hydrogen) atoms. The zero-order valence-electron chi connectivity index (χ0n) is 15.8. The van der Waals surface area contributed by atoms with E-state index < -0.39 is 8.07 Å². The van der Waals surface area contributed by atoms with Crippen LogP contribution < -0.4 is 10.6 Å². The molecule has 0 unspecified atom stereocenters. The van der Waals surface area contributed by atoms with Crippen molar-refractivity contribution in [1.29, 1.82) is 0 Å². The number of para-hydroxylation sites is 1. The van der Waals surface area contributed by atoms with E-state index >= 15 is 0 Å². The van der Waals surface area contributed by atoms with Crippen molar-refractivity contribution in [2.75, 3.05) is 18.0 Å². The van der Waals surface area contributed by atoms with Crippen molar-refractivity contribution in [3.8, 4) is 0 Å². The van der Waals surface area contributed by atoms with E-state index in [9.17, 15) is 4.79 Å². The molecule has 2 aromatic rings. The molecule has 4 nitrogen and oxygen atoms in total. The molecule has 2 rings (SSSR count). The molecule has 0 spiro atoms. The van der Waals surface area contributed by atoms with E-state index in [1.807, 2.05) is 35.2 Å². The van der Waals surface area contributed by atoms with Crippen LogP contribution in [0.1, 0.15) is 27.2 Å². The third-order valence-corrected chi connectivity index (χ3v) is 11.6. The van der Waals surface area contributed by atoms with Gasteiger partial charge in [-0.25, -0.2) is 0 Å². The predicted octanol–water partition coefficient (Wildman–Crippen LogP) is 4.43. The van der Waals surface area contributed by atoms with Gasteiger partial charge in [-0.05, 0) is 18.6 Å². The summed E-state index contributed by atoms with van der Waals surface area (Å²) in [5.41, 5.74) is 7.45. The van der Waals surface area contributed by atoms with Gasteiger partial charge in [-0.3, -0.25) is 9.78 Å². The highest BCUT2D eigenvalue weighted by atomic mass is 28.3. The Morgan fingerprint density at radius 3 is 2.48 bits per heavy atom. The molecule has 1 heterocycles. The van der Waals surface area contributed by atoms with Crippen molar-refractivity contribution in [2.24, 2.45) is 5.73 Å². The molecule has 0 fully saturated rings. The van der Waals surface area contributed by atoms with Crippen LogP contribution in [0.15, 0.2) is 36.5 Å². The van der Waals surface area contributed by atoms with E-state index in [4.69, 9.17) is 5.73 Å². The number of amides is 1. The lowest BCUT2D eigenvalue weighted by Gasteiger charge is -2.30. The van der Waals surface area contributed by atoms with Crippen LogP contribution in [0.25, 0.3) is 10.9 Å². The first-order valence-electron chi connectivity index (χ1n) is 9.44. The summed E-state index contributed by atoms with van der Waals surface area (Å²) in [6.07, 6.45) is 2.83. The summed E-state index contributed by atoms with van der Waals surface area (Å²) in [7, 11) is -1.16. The van der Waals surface area contributed by atoms with Gasteiger partial charge in [0.05, 0.1) is 32.0 Å². The Bertz CT molecular complexity index is 692. The largest absolute Gasteiger partial charge is 0.322 e. The number of nitrogens with two attached hydrogens (primary N) is 1. The molecule has 1 amide bonds. The highest BCUT2D eigenvalue weighted by Crippen LogP contribution is 2.27. The van der Waals surface area contributed by atoms with E-state index in [0.717, 1.165) is 29.6 Å². The Morgan fingerprint density at radius 2 is 1.84 bits per heavy atom. The van der Waals surface area contributed by atoms with E-state index in [1.54, 1.807) is 6.20 Å². The minimum Gasteiger partial charge on any atom is -0.322 e. The Hall–Kier alpha value is -1.72. The number of fused-ring (bicyclic) bond motifs is 1. The van der Waals surface area contributed by atoms with E-state index in [2.05, 4.69) is 25.8 Å². The summed E-state index contributed by atoms with van der Waals surface area (Å²) >= 11 is 0. The van der Waals surface area contributed by atoms with Crippen molar-refractivity contribution in [3.05, 3.63) is 36.5 Å². The number of aromatic nitrogens is 1. The monoisotopic (exact) mass is 357 g/mol. The molecule has 0 radical (unpaired) electrons. The number of benzene rings is 1. The van der Waals surface area contributed by atoms with Crippen molar-refractivity contribution in [2.45, 2.75) is 51.4 Å². The number of nitrogens with zero attached hydrogens (tertiary/aromatic N) is 2. The number of carbonyl (C=O) groups is 1. The first-order valence-corrected chi connectivity index (χ1v) is 12.3. The second-order valence-corrected chi connectivity index (χ2v) is 12.4. The van der Waals surface area contributed by atoms with Crippen molar-refractivity contribution >= 4 is 30.6 Å². The van der Waals surface area contributed by atoms with Gasteiger partial charge in [-0.2, -0.15) is 0 Å². The molecule has 2 N–H and O–H groups in total. The fourth-order valence-corrected chi connectivity index (χ4v) is 7.08. The quantitative estimate of drug-likeness (QED) is 0.676. The maximum absolute atomic E-state index is 12.4. The zero-order chi connectivity index (χ0) is 18.3. The maximum atomic E-state index is 12.4. The van der Waals surface area contributed by atoms with Gasteiger partial charge in [0, 0.05) is 11.9 Å². The Kier molecular flexibility index (Phi) is 7.14. The average Bonchev–Trinajstić information content (AvgIpc) is 2.68. The molecular weight excluding hydrogens is 326 g/mol. The minimum atomic E-state index is -1.16. The van der Waals surface area contributed by atoms with E-state index in [-0.39, 0.29) is 12.5 Å². The number of hydrogen-bond acceptors (Lipinski definition) is 3. The Balaban J connectivity index is 2.16. The summed E-state index contributed by atoms with van der Waals surface area (Å²) in [6, 6.07) is 15.3. The van der Waals surface area contributed by atoms with E-state index in [1.165, 1.54) is 24.2 Å². The molecule has 0 atom stereocenters. The van der Waals surface area contributed by atoms with Crippen LogP contribution in [0.4, 0.5) is 5.69 Å². The zero-order valence-corrected chi connectivity index (χ0v) is 16.8. The van der Waals surface area contributed by atoms with Crippen LogP contribution in [-0.4, -0.2) is 32.1 Å². The SMILES string of the molecule is CC[Si](CC)(CC)CCCN(C(=O)CN)c1cnc2ccccc2c1. The highest BCUT2D eigenvalue weighted by Gasteiger charge is 2.26. The molecule has 1 aromatic heterocycles. The fraction of sp³-hybridized carbons (Fsp3) is 0.500. The molecule has 0 aliphatic heterocycles. The topological polar surface area (TPSA) is 59.2 Å². The second kappa shape index (κ2) is 9.11. The summed E-state index contributed by atoms with van der Waals surface area (Å²) in [5.74, 6) is -0.0335. The van der Waals surface area contributed by atoms with Crippen molar-refractivity contribution in [1.82, 2.24) is 4.98 Å². The molecule has 0 saturated heterocycles. The smallest absolute Gasteiger partial charge is 0.240 e. The van der Waals surface area contributed by atoms with Gasteiger partial charge < -0.3 is 10.6 Å². The number of rotatable bonds is 9. The minimum absolute atomic E-state index is 0.0325. The van der Waals surface area contributed by atoms with Crippen molar-refractivity contribution in [3.63, 3.8) is 0 Å². The third-order valence-electron chi connectivity index (χ3n) is 5.70. The number of carbonyl (C=O) groups excluding carboxylic acids is 1. The van der Waals surface area contributed by atoms with Gasteiger partial charge in [-0.1, -0.05) is 63.1 Å².